The number of hydrogen-bond donors (Lipinski definition) is 2. The Hall–Kier alpha value is -1.43. The van der Waals surface area contributed by atoms with E-state index < -0.39 is 23.6 Å². The van der Waals surface area contributed by atoms with Gasteiger partial charge in [0.15, 0.2) is 0 Å². The molecule has 2 unspecified atom stereocenters. The van der Waals surface area contributed by atoms with Gasteiger partial charge in [-0.25, -0.2) is 4.39 Å². The third-order valence-electron chi connectivity index (χ3n) is 3.55. The zero-order chi connectivity index (χ0) is 14.7. The Morgan fingerprint density at radius 3 is 2.75 bits per heavy atom. The van der Waals surface area contributed by atoms with Crippen molar-refractivity contribution in [2.45, 2.75) is 31.7 Å². The number of aliphatic carboxylic acids is 1. The lowest BCUT2D eigenvalue weighted by Gasteiger charge is -2.27. The summed E-state index contributed by atoms with van der Waals surface area (Å²) in [5, 5.41) is 11.7. The second-order valence-electron chi connectivity index (χ2n) is 4.97. The van der Waals surface area contributed by atoms with E-state index >= 15 is 0 Å². The van der Waals surface area contributed by atoms with Crippen LogP contribution in [-0.4, -0.2) is 23.0 Å². The van der Waals surface area contributed by atoms with Gasteiger partial charge in [0.05, 0.1) is 11.5 Å². The normalized spacial score (nSPS) is 22.3. The molecule has 1 fully saturated rings. The number of benzene rings is 1. The average Bonchev–Trinajstić information content (AvgIpc) is 2.38. The fourth-order valence-corrected chi connectivity index (χ4v) is 3.04. The molecule has 1 amide bonds. The first-order valence-electron chi connectivity index (χ1n) is 6.46. The summed E-state index contributed by atoms with van der Waals surface area (Å²) in [5.74, 6) is -2.37. The summed E-state index contributed by atoms with van der Waals surface area (Å²) in [6, 6.07) is 4.11. The number of amides is 1. The van der Waals surface area contributed by atoms with Crippen LogP contribution >= 0.6 is 15.9 Å². The van der Waals surface area contributed by atoms with Crippen molar-refractivity contribution < 1.29 is 19.1 Å². The molecule has 20 heavy (non-hydrogen) atoms. The third-order valence-corrected chi connectivity index (χ3v) is 4.21. The Labute approximate surface area is 124 Å². The van der Waals surface area contributed by atoms with E-state index in [1.165, 1.54) is 12.1 Å². The molecule has 0 spiro atoms. The van der Waals surface area contributed by atoms with E-state index in [0.29, 0.717) is 17.3 Å². The lowest BCUT2D eigenvalue weighted by molar-refractivity contribution is -0.143. The molecule has 0 aromatic heterocycles. The van der Waals surface area contributed by atoms with Crippen molar-refractivity contribution in [2.24, 2.45) is 5.92 Å². The molecule has 0 aliphatic heterocycles. The second kappa shape index (κ2) is 6.35. The first kappa shape index (κ1) is 15.0. The quantitative estimate of drug-likeness (QED) is 0.886. The molecule has 1 aliphatic rings. The molecular weight excluding hydrogens is 329 g/mol. The van der Waals surface area contributed by atoms with E-state index in [9.17, 15) is 14.0 Å². The summed E-state index contributed by atoms with van der Waals surface area (Å²) in [7, 11) is 0. The van der Waals surface area contributed by atoms with E-state index in [2.05, 4.69) is 21.2 Å². The van der Waals surface area contributed by atoms with Crippen molar-refractivity contribution in [3.8, 4) is 0 Å². The summed E-state index contributed by atoms with van der Waals surface area (Å²) >= 11 is 3.15. The van der Waals surface area contributed by atoms with E-state index in [4.69, 9.17) is 5.11 Å². The van der Waals surface area contributed by atoms with Crippen LogP contribution in [0.3, 0.4) is 0 Å². The van der Waals surface area contributed by atoms with Crippen LogP contribution in [0.1, 0.15) is 36.0 Å². The number of rotatable bonds is 3. The monoisotopic (exact) mass is 343 g/mol. The fourth-order valence-electron chi connectivity index (χ4n) is 2.52. The smallest absolute Gasteiger partial charge is 0.306 e. The van der Waals surface area contributed by atoms with E-state index in [1.54, 1.807) is 6.07 Å². The predicted molar refractivity (Wildman–Crippen MR) is 74.9 cm³/mol. The lowest BCUT2D eigenvalue weighted by Crippen LogP contribution is -2.40. The SMILES string of the molecule is O=C(NC1CCCC(C(=O)O)C1)c1c(F)cccc1Br. The number of carboxylic acid groups (broad SMARTS) is 1. The molecule has 2 N–H and O–H groups in total. The molecule has 4 nitrogen and oxygen atoms in total. The first-order valence-corrected chi connectivity index (χ1v) is 7.26. The fraction of sp³-hybridized carbons (Fsp3) is 0.429. The third kappa shape index (κ3) is 3.36. The van der Waals surface area contributed by atoms with Gasteiger partial charge in [0.25, 0.3) is 5.91 Å². The lowest BCUT2D eigenvalue weighted by atomic mass is 9.85. The zero-order valence-corrected chi connectivity index (χ0v) is 12.3. The van der Waals surface area contributed by atoms with E-state index in [-0.39, 0.29) is 11.6 Å². The topological polar surface area (TPSA) is 66.4 Å². The van der Waals surface area contributed by atoms with Crippen molar-refractivity contribution in [1.29, 1.82) is 0 Å². The molecule has 0 radical (unpaired) electrons. The highest BCUT2D eigenvalue weighted by Gasteiger charge is 2.28. The summed E-state index contributed by atoms with van der Waals surface area (Å²) in [4.78, 5) is 23.1. The minimum absolute atomic E-state index is 0.0371. The van der Waals surface area contributed by atoms with Gasteiger partial charge >= 0.3 is 5.97 Å². The second-order valence-corrected chi connectivity index (χ2v) is 5.82. The molecule has 2 atom stereocenters. The van der Waals surface area contributed by atoms with E-state index in [1.807, 2.05) is 0 Å². The van der Waals surface area contributed by atoms with Crippen LogP contribution in [0.2, 0.25) is 0 Å². The van der Waals surface area contributed by atoms with Crippen molar-refractivity contribution in [1.82, 2.24) is 5.32 Å². The summed E-state index contributed by atoms with van der Waals surface area (Å²) < 4.78 is 14.1. The molecule has 1 saturated carbocycles. The van der Waals surface area contributed by atoms with Gasteiger partial charge in [-0.05, 0) is 47.3 Å². The maximum Gasteiger partial charge on any atom is 0.306 e. The number of halogens is 2. The highest BCUT2D eigenvalue weighted by molar-refractivity contribution is 9.10. The van der Waals surface area contributed by atoms with Gasteiger partial charge in [-0.3, -0.25) is 9.59 Å². The summed E-state index contributed by atoms with van der Waals surface area (Å²) in [5.41, 5.74) is -0.0371. The standard InChI is InChI=1S/C14H15BrFNO3/c15-10-5-2-6-11(16)12(10)13(18)17-9-4-1-3-8(7-9)14(19)20/h2,5-6,8-9H,1,3-4,7H2,(H,17,18)(H,19,20). The Kier molecular flexibility index (Phi) is 4.75. The Morgan fingerprint density at radius 2 is 2.10 bits per heavy atom. The van der Waals surface area contributed by atoms with Crippen molar-refractivity contribution in [3.63, 3.8) is 0 Å². The average molecular weight is 344 g/mol. The Morgan fingerprint density at radius 1 is 1.35 bits per heavy atom. The van der Waals surface area contributed by atoms with Crippen LogP contribution in [0.15, 0.2) is 22.7 Å². The summed E-state index contributed by atoms with van der Waals surface area (Å²) in [6.45, 7) is 0. The van der Waals surface area contributed by atoms with Crippen LogP contribution in [0, 0.1) is 11.7 Å². The molecule has 0 bridgehead atoms. The summed E-state index contributed by atoms with van der Waals surface area (Å²) in [6.07, 6.45) is 2.50. The van der Waals surface area contributed by atoms with Crippen molar-refractivity contribution in [2.75, 3.05) is 0 Å². The minimum atomic E-state index is -0.837. The van der Waals surface area contributed by atoms with Crippen LogP contribution in [0.5, 0.6) is 0 Å². The van der Waals surface area contributed by atoms with Crippen molar-refractivity contribution in [3.05, 3.63) is 34.1 Å². The zero-order valence-electron chi connectivity index (χ0n) is 10.7. The van der Waals surface area contributed by atoms with Gasteiger partial charge in [0.2, 0.25) is 0 Å². The number of carboxylic acids is 1. The Bertz CT molecular complexity index is 515. The number of carbonyl (C=O) groups excluding carboxylic acids is 1. The molecule has 0 saturated heterocycles. The predicted octanol–water partition coefficient (Wildman–Crippen LogP) is 2.96. The number of carbonyl (C=O) groups is 2. The maximum absolute atomic E-state index is 13.7. The molecule has 6 heteroatoms. The molecule has 1 aromatic rings. The highest BCUT2D eigenvalue weighted by atomic mass is 79.9. The van der Waals surface area contributed by atoms with Gasteiger partial charge in [0.1, 0.15) is 5.82 Å². The first-order chi connectivity index (χ1) is 9.49. The van der Waals surface area contributed by atoms with Gasteiger partial charge in [-0.15, -0.1) is 0 Å². The van der Waals surface area contributed by atoms with Crippen molar-refractivity contribution >= 4 is 27.8 Å². The maximum atomic E-state index is 13.7. The van der Waals surface area contributed by atoms with Crippen LogP contribution in [-0.2, 0) is 4.79 Å². The number of nitrogens with one attached hydrogen (secondary N) is 1. The largest absolute Gasteiger partial charge is 0.481 e. The van der Waals surface area contributed by atoms with Crippen LogP contribution in [0.25, 0.3) is 0 Å². The van der Waals surface area contributed by atoms with Gasteiger partial charge in [0, 0.05) is 10.5 Å². The Balaban J connectivity index is 2.06. The molecule has 108 valence electrons. The number of hydrogen-bond acceptors (Lipinski definition) is 2. The van der Waals surface area contributed by atoms with Gasteiger partial charge in [-0.2, -0.15) is 0 Å². The van der Waals surface area contributed by atoms with Crippen LogP contribution in [0.4, 0.5) is 4.39 Å². The molecule has 2 rings (SSSR count). The van der Waals surface area contributed by atoms with Gasteiger partial charge in [-0.1, -0.05) is 12.5 Å². The van der Waals surface area contributed by atoms with Gasteiger partial charge < -0.3 is 10.4 Å². The highest BCUT2D eigenvalue weighted by Crippen LogP contribution is 2.26. The molecular formula is C14H15BrFNO3. The molecule has 1 aromatic carbocycles. The van der Waals surface area contributed by atoms with E-state index in [0.717, 1.165) is 12.8 Å². The minimum Gasteiger partial charge on any atom is -0.481 e. The van der Waals surface area contributed by atoms with Crippen LogP contribution < -0.4 is 5.32 Å². The molecule has 1 aliphatic carbocycles. The molecule has 0 heterocycles.